The Morgan fingerprint density at radius 2 is 1.52 bits per heavy atom. The Morgan fingerprint density at radius 3 is 2.04 bits per heavy atom. The Labute approximate surface area is 173 Å². The first-order valence-corrected chi connectivity index (χ1v) is 9.87. The molecule has 1 heterocycles. The Hall–Kier alpha value is -1.43. The van der Waals surface area contributed by atoms with E-state index >= 15 is 0 Å². The molecule has 1 aromatic rings. The van der Waals surface area contributed by atoms with E-state index in [1.165, 1.54) is 23.2 Å². The van der Waals surface area contributed by atoms with Gasteiger partial charge in [0, 0.05) is 36.3 Å². The number of halogens is 1. The van der Waals surface area contributed by atoms with Crippen molar-refractivity contribution >= 4 is 34.5 Å². The lowest BCUT2D eigenvalue weighted by atomic mass is 10.3. The van der Waals surface area contributed by atoms with Gasteiger partial charge in [-0.15, -0.1) is 0 Å². The molecule has 0 spiro atoms. The van der Waals surface area contributed by atoms with E-state index in [1.54, 1.807) is 0 Å². The predicted octanol–water partition coefficient (Wildman–Crippen LogP) is 1.48. The first-order chi connectivity index (χ1) is 12.9. The number of nitrogens with zero attached hydrogens (tertiary/aromatic N) is 2. The van der Waals surface area contributed by atoms with Crippen LogP contribution in [0.3, 0.4) is 0 Å². The lowest BCUT2D eigenvalue weighted by Crippen LogP contribution is -2.47. The molecular weight excluding hydrogens is 467 g/mol. The molecule has 1 aliphatic heterocycles. The highest BCUT2D eigenvalue weighted by molar-refractivity contribution is 14.1. The molecule has 0 bridgehead atoms. The van der Waals surface area contributed by atoms with Crippen LogP contribution in [0.15, 0.2) is 24.3 Å². The second kappa shape index (κ2) is 13.7. The van der Waals surface area contributed by atoms with Crippen LogP contribution in [-0.2, 0) is 14.3 Å². The van der Waals surface area contributed by atoms with E-state index in [-0.39, 0.29) is 0 Å². The summed E-state index contributed by atoms with van der Waals surface area (Å²) in [5.41, 5.74) is 0. The minimum Gasteiger partial charge on any atom is -0.491 e. The quantitative estimate of drug-likeness (QED) is 0.319. The third kappa shape index (κ3) is 11.1. The summed E-state index contributed by atoms with van der Waals surface area (Å²) in [6.45, 7) is 11.2. The summed E-state index contributed by atoms with van der Waals surface area (Å²) in [5, 5.41) is 14.8. The maximum Gasteiger partial charge on any atom is 0.414 e. The van der Waals surface area contributed by atoms with Crippen LogP contribution in [0.1, 0.15) is 6.92 Å². The SMILES string of the molecule is CCN1CCN(CCOCCOc2ccc(I)cc2)CC1.O=C(O)C(=O)O. The van der Waals surface area contributed by atoms with Gasteiger partial charge in [0.05, 0.1) is 13.2 Å². The van der Waals surface area contributed by atoms with Crippen LogP contribution in [0.2, 0.25) is 0 Å². The highest BCUT2D eigenvalue weighted by Gasteiger charge is 2.14. The van der Waals surface area contributed by atoms with E-state index < -0.39 is 11.9 Å². The summed E-state index contributed by atoms with van der Waals surface area (Å²) in [6.07, 6.45) is 0. The number of benzene rings is 1. The molecule has 1 aromatic carbocycles. The molecule has 0 saturated carbocycles. The molecule has 9 heteroatoms. The van der Waals surface area contributed by atoms with Gasteiger partial charge in [-0.1, -0.05) is 6.92 Å². The fourth-order valence-corrected chi connectivity index (χ4v) is 2.73. The minimum atomic E-state index is -1.82. The van der Waals surface area contributed by atoms with Crippen LogP contribution in [0.4, 0.5) is 0 Å². The fraction of sp³-hybridized carbons (Fsp3) is 0.556. The van der Waals surface area contributed by atoms with Crippen molar-refractivity contribution in [2.45, 2.75) is 6.92 Å². The van der Waals surface area contributed by atoms with Gasteiger partial charge < -0.3 is 24.6 Å². The molecule has 0 amide bonds. The Kier molecular flexibility index (Phi) is 12.0. The zero-order valence-electron chi connectivity index (χ0n) is 15.5. The lowest BCUT2D eigenvalue weighted by Gasteiger charge is -2.33. The van der Waals surface area contributed by atoms with Crippen molar-refractivity contribution in [2.24, 2.45) is 0 Å². The van der Waals surface area contributed by atoms with Gasteiger partial charge in [-0.2, -0.15) is 0 Å². The van der Waals surface area contributed by atoms with Crippen molar-refractivity contribution in [2.75, 3.05) is 59.1 Å². The summed E-state index contributed by atoms with van der Waals surface area (Å²) in [4.78, 5) is 23.2. The molecular formula is C18H27IN2O6. The number of carboxylic acids is 2. The Bertz CT molecular complexity index is 549. The second-order valence-electron chi connectivity index (χ2n) is 5.80. The van der Waals surface area contributed by atoms with E-state index in [4.69, 9.17) is 29.3 Å². The van der Waals surface area contributed by atoms with Crippen molar-refractivity contribution in [1.82, 2.24) is 9.80 Å². The molecule has 8 nitrogen and oxygen atoms in total. The first kappa shape index (κ1) is 23.6. The van der Waals surface area contributed by atoms with Crippen molar-refractivity contribution in [3.05, 3.63) is 27.8 Å². The first-order valence-electron chi connectivity index (χ1n) is 8.79. The topological polar surface area (TPSA) is 99.5 Å². The normalized spacial score (nSPS) is 14.9. The second-order valence-corrected chi connectivity index (χ2v) is 7.05. The number of ether oxygens (including phenoxy) is 2. The van der Waals surface area contributed by atoms with Crippen molar-refractivity contribution in [3.8, 4) is 5.75 Å². The van der Waals surface area contributed by atoms with Crippen LogP contribution < -0.4 is 4.74 Å². The molecule has 0 aromatic heterocycles. The number of aliphatic carboxylic acids is 2. The molecule has 0 atom stereocenters. The number of hydrogen-bond acceptors (Lipinski definition) is 6. The summed E-state index contributed by atoms with van der Waals surface area (Å²) in [5.74, 6) is -2.74. The van der Waals surface area contributed by atoms with Gasteiger partial charge in [0.1, 0.15) is 12.4 Å². The zero-order chi connectivity index (χ0) is 20.1. The van der Waals surface area contributed by atoms with Gasteiger partial charge in [-0.05, 0) is 53.4 Å². The summed E-state index contributed by atoms with van der Waals surface area (Å²) in [6, 6.07) is 8.09. The van der Waals surface area contributed by atoms with Gasteiger partial charge in [-0.3, -0.25) is 4.90 Å². The predicted molar refractivity (Wildman–Crippen MR) is 109 cm³/mol. The summed E-state index contributed by atoms with van der Waals surface area (Å²) >= 11 is 2.29. The summed E-state index contributed by atoms with van der Waals surface area (Å²) in [7, 11) is 0. The number of hydrogen-bond donors (Lipinski definition) is 2. The average Bonchev–Trinajstić information content (AvgIpc) is 2.67. The van der Waals surface area contributed by atoms with Crippen LogP contribution in [-0.4, -0.2) is 91.0 Å². The molecule has 0 unspecified atom stereocenters. The zero-order valence-corrected chi connectivity index (χ0v) is 17.6. The molecule has 2 rings (SSSR count). The minimum absolute atomic E-state index is 0.615. The smallest absolute Gasteiger partial charge is 0.414 e. The molecule has 1 aliphatic rings. The van der Waals surface area contributed by atoms with E-state index in [0.717, 1.165) is 32.0 Å². The number of rotatable bonds is 8. The molecule has 0 radical (unpaired) electrons. The number of carbonyl (C=O) groups is 2. The largest absolute Gasteiger partial charge is 0.491 e. The number of piperazine rings is 1. The van der Waals surface area contributed by atoms with Gasteiger partial charge in [0.15, 0.2) is 0 Å². The molecule has 27 heavy (non-hydrogen) atoms. The molecule has 1 fully saturated rings. The number of carboxylic acid groups (broad SMARTS) is 2. The Balaban J connectivity index is 0.000000527. The third-order valence-electron chi connectivity index (χ3n) is 3.96. The maximum absolute atomic E-state index is 9.10. The van der Waals surface area contributed by atoms with Crippen LogP contribution >= 0.6 is 22.6 Å². The lowest BCUT2D eigenvalue weighted by molar-refractivity contribution is -0.159. The van der Waals surface area contributed by atoms with E-state index in [0.29, 0.717) is 13.2 Å². The maximum atomic E-state index is 9.10. The van der Waals surface area contributed by atoms with Crippen molar-refractivity contribution in [1.29, 1.82) is 0 Å². The highest BCUT2D eigenvalue weighted by atomic mass is 127. The fourth-order valence-electron chi connectivity index (χ4n) is 2.37. The van der Waals surface area contributed by atoms with Crippen LogP contribution in [0.5, 0.6) is 5.75 Å². The van der Waals surface area contributed by atoms with E-state index in [1.807, 2.05) is 24.3 Å². The van der Waals surface area contributed by atoms with Gasteiger partial charge >= 0.3 is 11.9 Å². The van der Waals surface area contributed by atoms with Crippen molar-refractivity contribution < 1.29 is 29.3 Å². The molecule has 0 aliphatic carbocycles. The van der Waals surface area contributed by atoms with Gasteiger partial charge in [0.25, 0.3) is 0 Å². The molecule has 152 valence electrons. The average molecular weight is 494 g/mol. The van der Waals surface area contributed by atoms with E-state index in [9.17, 15) is 0 Å². The number of likely N-dealkylation sites (N-methyl/N-ethyl adjacent to an activating group) is 1. The van der Waals surface area contributed by atoms with Crippen LogP contribution in [0, 0.1) is 3.57 Å². The monoisotopic (exact) mass is 494 g/mol. The highest BCUT2D eigenvalue weighted by Crippen LogP contribution is 2.13. The third-order valence-corrected chi connectivity index (χ3v) is 4.68. The standard InChI is InChI=1S/C16H25IN2O2.C2H2O4/c1-2-18-7-9-19(10-8-18)11-12-20-13-14-21-16-5-3-15(17)4-6-16;3-1(4)2(5)6/h3-6H,2,7-14H2,1H3;(H,3,4)(H,5,6). The van der Waals surface area contributed by atoms with Gasteiger partial charge in [0.2, 0.25) is 0 Å². The molecule has 2 N–H and O–H groups in total. The summed E-state index contributed by atoms with van der Waals surface area (Å²) < 4.78 is 12.5. The van der Waals surface area contributed by atoms with E-state index in [2.05, 4.69) is 39.3 Å². The Morgan fingerprint density at radius 1 is 0.963 bits per heavy atom. The van der Waals surface area contributed by atoms with Crippen molar-refractivity contribution in [3.63, 3.8) is 0 Å². The van der Waals surface area contributed by atoms with Crippen LogP contribution in [0.25, 0.3) is 0 Å². The van der Waals surface area contributed by atoms with Gasteiger partial charge in [-0.25, -0.2) is 9.59 Å². The molecule has 1 saturated heterocycles.